The van der Waals surface area contributed by atoms with Gasteiger partial charge in [-0.15, -0.1) is 0 Å². The van der Waals surface area contributed by atoms with Crippen molar-refractivity contribution in [2.45, 2.75) is 6.54 Å². The molecular weight excluding hydrogens is 236 g/mol. The van der Waals surface area contributed by atoms with Gasteiger partial charge in [-0.05, 0) is 6.07 Å². The summed E-state index contributed by atoms with van der Waals surface area (Å²) in [7, 11) is 4.69. The molecule has 0 aliphatic carbocycles. The summed E-state index contributed by atoms with van der Waals surface area (Å²) >= 11 is 0. The minimum atomic E-state index is -0.408. The molecule has 1 amide bonds. The third kappa shape index (κ3) is 3.53. The van der Waals surface area contributed by atoms with Crippen molar-refractivity contribution < 1.29 is 19.0 Å². The fourth-order valence-corrected chi connectivity index (χ4v) is 1.55. The molecule has 6 nitrogen and oxygen atoms in total. The van der Waals surface area contributed by atoms with Crippen LogP contribution in [0.5, 0.6) is 17.2 Å². The Bertz CT molecular complexity index is 421. The fourth-order valence-electron chi connectivity index (χ4n) is 1.55. The Morgan fingerprint density at radius 3 is 2.17 bits per heavy atom. The number of rotatable bonds is 7. The molecule has 0 spiro atoms. The third-order valence-corrected chi connectivity index (χ3v) is 2.40. The molecule has 0 saturated heterocycles. The molecule has 0 saturated carbocycles. The zero-order valence-electron chi connectivity index (χ0n) is 10.8. The van der Waals surface area contributed by atoms with Crippen LogP contribution in [0.2, 0.25) is 0 Å². The van der Waals surface area contributed by atoms with Gasteiger partial charge in [0, 0.05) is 18.2 Å². The van der Waals surface area contributed by atoms with Gasteiger partial charge in [0.2, 0.25) is 5.91 Å². The van der Waals surface area contributed by atoms with Gasteiger partial charge in [0.1, 0.15) is 5.75 Å². The standard InChI is InChI=1S/C12H18N2O4/c1-16-9-5-11(18-3)10(17-2)4-8(9)6-14-7-12(13)15/h4-5,14H,6-7H2,1-3H3,(H2,13,15). The highest BCUT2D eigenvalue weighted by Gasteiger charge is 2.11. The lowest BCUT2D eigenvalue weighted by molar-refractivity contribution is -0.117. The highest BCUT2D eigenvalue weighted by Crippen LogP contribution is 2.34. The molecule has 0 aliphatic heterocycles. The van der Waals surface area contributed by atoms with Crippen molar-refractivity contribution in [1.29, 1.82) is 0 Å². The number of carbonyl (C=O) groups is 1. The minimum Gasteiger partial charge on any atom is -0.496 e. The molecule has 0 fully saturated rings. The molecular formula is C12H18N2O4. The number of nitrogens with one attached hydrogen (secondary N) is 1. The van der Waals surface area contributed by atoms with Gasteiger partial charge in [-0.2, -0.15) is 0 Å². The third-order valence-electron chi connectivity index (χ3n) is 2.40. The van der Waals surface area contributed by atoms with Crippen molar-refractivity contribution >= 4 is 5.91 Å². The van der Waals surface area contributed by atoms with Gasteiger partial charge in [-0.1, -0.05) is 0 Å². The van der Waals surface area contributed by atoms with Gasteiger partial charge in [-0.3, -0.25) is 4.79 Å². The lowest BCUT2D eigenvalue weighted by Gasteiger charge is -2.14. The van der Waals surface area contributed by atoms with Gasteiger partial charge in [0.05, 0.1) is 27.9 Å². The average molecular weight is 254 g/mol. The van der Waals surface area contributed by atoms with Crippen molar-refractivity contribution in [3.63, 3.8) is 0 Å². The lowest BCUT2D eigenvalue weighted by Crippen LogP contribution is -2.28. The first-order chi connectivity index (χ1) is 8.62. The summed E-state index contributed by atoms with van der Waals surface area (Å²) < 4.78 is 15.6. The van der Waals surface area contributed by atoms with E-state index in [1.54, 1.807) is 33.5 Å². The zero-order chi connectivity index (χ0) is 13.5. The van der Waals surface area contributed by atoms with E-state index in [0.29, 0.717) is 23.8 Å². The Morgan fingerprint density at radius 2 is 1.67 bits per heavy atom. The van der Waals surface area contributed by atoms with Crippen molar-refractivity contribution in [2.24, 2.45) is 5.73 Å². The van der Waals surface area contributed by atoms with Crippen LogP contribution >= 0.6 is 0 Å². The predicted molar refractivity (Wildman–Crippen MR) is 67.0 cm³/mol. The summed E-state index contributed by atoms with van der Waals surface area (Å²) in [5.41, 5.74) is 5.91. The molecule has 1 aromatic carbocycles. The van der Waals surface area contributed by atoms with E-state index in [2.05, 4.69) is 5.32 Å². The Morgan fingerprint density at radius 1 is 1.11 bits per heavy atom. The molecule has 0 unspecified atom stereocenters. The second-order valence-electron chi connectivity index (χ2n) is 3.59. The van der Waals surface area contributed by atoms with Crippen molar-refractivity contribution in [1.82, 2.24) is 5.32 Å². The van der Waals surface area contributed by atoms with Crippen LogP contribution in [0.3, 0.4) is 0 Å². The molecule has 1 rings (SSSR count). The van der Waals surface area contributed by atoms with Gasteiger partial charge >= 0.3 is 0 Å². The number of nitrogens with two attached hydrogens (primary N) is 1. The summed E-state index contributed by atoms with van der Waals surface area (Å²) in [6.45, 7) is 0.559. The van der Waals surface area contributed by atoms with Crippen molar-refractivity contribution in [3.8, 4) is 17.2 Å². The highest BCUT2D eigenvalue weighted by molar-refractivity contribution is 5.75. The first-order valence-corrected chi connectivity index (χ1v) is 5.40. The molecule has 0 aromatic heterocycles. The van der Waals surface area contributed by atoms with Crippen molar-refractivity contribution in [3.05, 3.63) is 17.7 Å². The van der Waals surface area contributed by atoms with Crippen molar-refractivity contribution in [2.75, 3.05) is 27.9 Å². The molecule has 1 aromatic rings. The molecule has 0 heterocycles. The summed E-state index contributed by atoms with van der Waals surface area (Å²) in [6, 6.07) is 3.53. The Balaban J connectivity index is 2.91. The van der Waals surface area contributed by atoms with Crippen LogP contribution in [0.1, 0.15) is 5.56 Å². The Labute approximate surface area is 106 Å². The van der Waals surface area contributed by atoms with E-state index in [1.165, 1.54) is 0 Å². The van der Waals surface area contributed by atoms with Gasteiger partial charge < -0.3 is 25.3 Å². The van der Waals surface area contributed by atoms with E-state index in [9.17, 15) is 4.79 Å². The summed E-state index contributed by atoms with van der Waals surface area (Å²) in [5, 5.41) is 2.91. The second kappa shape index (κ2) is 6.70. The maximum atomic E-state index is 10.7. The molecule has 0 bridgehead atoms. The number of ether oxygens (including phenoxy) is 3. The van der Waals surface area contributed by atoms with E-state index in [4.69, 9.17) is 19.9 Å². The average Bonchev–Trinajstić information content (AvgIpc) is 2.37. The summed E-state index contributed by atoms with van der Waals surface area (Å²) in [5.74, 6) is 1.45. The topological polar surface area (TPSA) is 82.8 Å². The molecule has 3 N–H and O–H groups in total. The predicted octanol–water partition coefficient (Wildman–Crippen LogP) is 0.287. The first kappa shape index (κ1) is 14.1. The van der Waals surface area contributed by atoms with Gasteiger partial charge in [-0.25, -0.2) is 0 Å². The largest absolute Gasteiger partial charge is 0.496 e. The van der Waals surface area contributed by atoms with E-state index in [1.807, 2.05) is 0 Å². The number of benzene rings is 1. The monoisotopic (exact) mass is 254 g/mol. The molecule has 100 valence electrons. The van der Waals surface area contributed by atoms with E-state index >= 15 is 0 Å². The molecule has 0 atom stereocenters. The van der Waals surface area contributed by atoms with Crippen LogP contribution in [0.15, 0.2) is 12.1 Å². The molecule has 0 aliphatic rings. The number of hydrogen-bond acceptors (Lipinski definition) is 5. The minimum absolute atomic E-state index is 0.109. The number of primary amides is 1. The Kier molecular flexibility index (Phi) is 5.26. The SMILES string of the molecule is COc1cc(OC)c(OC)cc1CNCC(N)=O. The molecule has 18 heavy (non-hydrogen) atoms. The number of hydrogen-bond donors (Lipinski definition) is 2. The fraction of sp³-hybridized carbons (Fsp3) is 0.417. The van der Waals surface area contributed by atoms with E-state index in [0.717, 1.165) is 5.56 Å². The molecule has 0 radical (unpaired) electrons. The van der Waals surface area contributed by atoms with Crippen LogP contribution in [0.25, 0.3) is 0 Å². The van der Waals surface area contributed by atoms with Crippen LogP contribution in [0, 0.1) is 0 Å². The van der Waals surface area contributed by atoms with E-state index < -0.39 is 5.91 Å². The second-order valence-corrected chi connectivity index (χ2v) is 3.59. The first-order valence-electron chi connectivity index (χ1n) is 5.40. The van der Waals surface area contributed by atoms with Crippen LogP contribution < -0.4 is 25.3 Å². The maximum Gasteiger partial charge on any atom is 0.231 e. The van der Waals surface area contributed by atoms with Crippen LogP contribution in [0.4, 0.5) is 0 Å². The normalized spacial score (nSPS) is 9.94. The quantitative estimate of drug-likeness (QED) is 0.730. The zero-order valence-corrected chi connectivity index (χ0v) is 10.8. The van der Waals surface area contributed by atoms with Crippen LogP contribution in [-0.2, 0) is 11.3 Å². The summed E-state index contributed by atoms with van der Waals surface area (Å²) in [6.07, 6.45) is 0. The lowest BCUT2D eigenvalue weighted by atomic mass is 10.1. The van der Waals surface area contributed by atoms with Gasteiger partial charge in [0.25, 0.3) is 0 Å². The smallest absolute Gasteiger partial charge is 0.231 e. The summed E-state index contributed by atoms with van der Waals surface area (Å²) in [4.78, 5) is 10.7. The number of methoxy groups -OCH3 is 3. The maximum absolute atomic E-state index is 10.7. The number of carbonyl (C=O) groups excluding carboxylic acids is 1. The molecule has 6 heteroatoms. The number of amides is 1. The van der Waals surface area contributed by atoms with E-state index in [-0.39, 0.29) is 6.54 Å². The van der Waals surface area contributed by atoms with Gasteiger partial charge in [0.15, 0.2) is 11.5 Å². The van der Waals surface area contributed by atoms with Crippen LogP contribution in [-0.4, -0.2) is 33.8 Å². The Hall–Kier alpha value is -1.95. The highest BCUT2D eigenvalue weighted by atomic mass is 16.5.